The van der Waals surface area contributed by atoms with Crippen LogP contribution in [0.5, 0.6) is 11.5 Å². The second-order valence-electron chi connectivity index (χ2n) is 7.06. The average Bonchev–Trinajstić information content (AvgIpc) is 3.14. The largest absolute Gasteiger partial charge is 0.496 e. The molecule has 0 aliphatic carbocycles. The molecule has 5 heteroatoms. The standard InChI is InChI=1S/C25H22ClNO3/c1-16-6-4-5-7-19(16)15-29-21-12-13-22(23(14-21)28-3)25-24(17(2)27-30-25)18-8-10-20(26)11-9-18/h4-14H,15H2,1-3H3. The molecule has 0 unspecified atom stereocenters. The molecule has 0 amide bonds. The lowest BCUT2D eigenvalue weighted by atomic mass is 9.99. The molecule has 0 saturated heterocycles. The molecule has 0 aliphatic rings. The van der Waals surface area contributed by atoms with Gasteiger partial charge in [0.15, 0.2) is 5.76 Å². The zero-order chi connectivity index (χ0) is 21.1. The van der Waals surface area contributed by atoms with Crippen molar-refractivity contribution < 1.29 is 14.0 Å². The van der Waals surface area contributed by atoms with Crippen LogP contribution in [0.15, 0.2) is 71.3 Å². The number of benzene rings is 3. The van der Waals surface area contributed by atoms with Gasteiger partial charge in [-0.05, 0) is 54.8 Å². The van der Waals surface area contributed by atoms with Crippen molar-refractivity contribution >= 4 is 11.6 Å². The van der Waals surface area contributed by atoms with Gasteiger partial charge >= 0.3 is 0 Å². The number of hydrogen-bond acceptors (Lipinski definition) is 4. The Balaban J connectivity index is 1.66. The van der Waals surface area contributed by atoms with Crippen LogP contribution >= 0.6 is 11.6 Å². The Morgan fingerprint density at radius 2 is 1.73 bits per heavy atom. The van der Waals surface area contributed by atoms with Gasteiger partial charge in [-0.25, -0.2) is 0 Å². The lowest BCUT2D eigenvalue weighted by Gasteiger charge is -2.12. The quantitative estimate of drug-likeness (QED) is 0.342. The number of aromatic nitrogens is 1. The number of hydrogen-bond donors (Lipinski definition) is 0. The molecule has 0 spiro atoms. The number of methoxy groups -OCH3 is 1. The molecule has 0 radical (unpaired) electrons. The number of halogens is 1. The zero-order valence-electron chi connectivity index (χ0n) is 17.1. The molecule has 0 aliphatic heterocycles. The topological polar surface area (TPSA) is 44.5 Å². The third-order valence-corrected chi connectivity index (χ3v) is 5.32. The Labute approximate surface area is 181 Å². The van der Waals surface area contributed by atoms with Gasteiger partial charge in [0, 0.05) is 11.1 Å². The first-order valence-electron chi connectivity index (χ1n) is 9.64. The molecule has 4 rings (SSSR count). The Bertz CT molecular complexity index is 1170. The summed E-state index contributed by atoms with van der Waals surface area (Å²) >= 11 is 6.05. The van der Waals surface area contributed by atoms with Crippen LogP contribution in [-0.4, -0.2) is 12.3 Å². The summed E-state index contributed by atoms with van der Waals surface area (Å²) in [5, 5.41) is 4.86. The SMILES string of the molecule is COc1cc(OCc2ccccc2C)ccc1-c1onc(C)c1-c1ccc(Cl)cc1. The van der Waals surface area contributed by atoms with Gasteiger partial charge < -0.3 is 14.0 Å². The van der Waals surface area contributed by atoms with Crippen molar-refractivity contribution in [3.8, 4) is 33.9 Å². The third-order valence-electron chi connectivity index (χ3n) is 5.07. The van der Waals surface area contributed by atoms with Crippen molar-refractivity contribution in [2.75, 3.05) is 7.11 Å². The number of nitrogens with zero attached hydrogens (tertiary/aromatic N) is 1. The van der Waals surface area contributed by atoms with E-state index in [4.69, 9.17) is 25.6 Å². The van der Waals surface area contributed by atoms with E-state index in [1.165, 1.54) is 5.56 Å². The first kappa shape index (κ1) is 20.0. The summed E-state index contributed by atoms with van der Waals surface area (Å²) in [5.41, 5.74) is 5.86. The molecule has 152 valence electrons. The Hall–Kier alpha value is -3.24. The summed E-state index contributed by atoms with van der Waals surface area (Å²) in [7, 11) is 1.63. The van der Waals surface area contributed by atoms with E-state index in [0.29, 0.717) is 23.1 Å². The molecule has 1 aromatic heterocycles. The first-order chi connectivity index (χ1) is 14.6. The lowest BCUT2D eigenvalue weighted by Crippen LogP contribution is -1.98. The monoisotopic (exact) mass is 419 g/mol. The van der Waals surface area contributed by atoms with Crippen LogP contribution in [0, 0.1) is 13.8 Å². The van der Waals surface area contributed by atoms with E-state index in [9.17, 15) is 0 Å². The summed E-state index contributed by atoms with van der Waals surface area (Å²) in [6.45, 7) is 4.49. The summed E-state index contributed by atoms with van der Waals surface area (Å²) in [6.07, 6.45) is 0. The molecule has 3 aromatic carbocycles. The fraction of sp³-hybridized carbons (Fsp3) is 0.160. The second kappa shape index (κ2) is 8.64. The van der Waals surface area contributed by atoms with E-state index in [0.717, 1.165) is 33.7 Å². The van der Waals surface area contributed by atoms with E-state index in [1.807, 2.05) is 61.5 Å². The van der Waals surface area contributed by atoms with Gasteiger partial charge in [-0.2, -0.15) is 0 Å². The molecular weight excluding hydrogens is 398 g/mol. The van der Waals surface area contributed by atoms with Gasteiger partial charge in [-0.3, -0.25) is 0 Å². The predicted octanol–water partition coefficient (Wildman–Crippen LogP) is 6.87. The molecule has 0 saturated carbocycles. The van der Waals surface area contributed by atoms with Crippen LogP contribution in [0.3, 0.4) is 0 Å². The van der Waals surface area contributed by atoms with Crippen molar-refractivity contribution in [1.82, 2.24) is 5.16 Å². The van der Waals surface area contributed by atoms with Gasteiger partial charge in [0.25, 0.3) is 0 Å². The smallest absolute Gasteiger partial charge is 0.178 e. The molecule has 0 N–H and O–H groups in total. The van der Waals surface area contributed by atoms with Crippen molar-refractivity contribution in [3.05, 3.63) is 88.6 Å². The van der Waals surface area contributed by atoms with Gasteiger partial charge in [-0.15, -0.1) is 0 Å². The second-order valence-corrected chi connectivity index (χ2v) is 7.49. The molecule has 0 fully saturated rings. The van der Waals surface area contributed by atoms with Crippen molar-refractivity contribution in [2.24, 2.45) is 0 Å². The highest BCUT2D eigenvalue weighted by Gasteiger charge is 2.20. The number of ether oxygens (including phenoxy) is 2. The molecule has 0 atom stereocenters. The third kappa shape index (κ3) is 4.05. The zero-order valence-corrected chi connectivity index (χ0v) is 17.9. The first-order valence-corrected chi connectivity index (χ1v) is 10.0. The van der Waals surface area contributed by atoms with Gasteiger partial charge in [0.2, 0.25) is 0 Å². The molecule has 4 aromatic rings. The normalized spacial score (nSPS) is 10.8. The van der Waals surface area contributed by atoms with Crippen molar-refractivity contribution in [2.45, 2.75) is 20.5 Å². The maximum atomic E-state index is 6.05. The fourth-order valence-corrected chi connectivity index (χ4v) is 3.52. The van der Waals surface area contributed by atoms with Crippen LogP contribution in [-0.2, 0) is 6.61 Å². The van der Waals surface area contributed by atoms with Crippen LogP contribution < -0.4 is 9.47 Å². The van der Waals surface area contributed by atoms with E-state index >= 15 is 0 Å². The number of rotatable bonds is 6. The summed E-state index contributed by atoms with van der Waals surface area (Å²) in [4.78, 5) is 0. The van der Waals surface area contributed by atoms with Crippen LogP contribution in [0.1, 0.15) is 16.8 Å². The molecule has 30 heavy (non-hydrogen) atoms. The molecular formula is C25H22ClNO3. The van der Waals surface area contributed by atoms with E-state index in [2.05, 4.69) is 24.2 Å². The average molecular weight is 420 g/mol. The summed E-state index contributed by atoms with van der Waals surface area (Å²) in [5.74, 6) is 2.03. The predicted molar refractivity (Wildman–Crippen MR) is 119 cm³/mol. The molecule has 0 bridgehead atoms. The highest BCUT2D eigenvalue weighted by atomic mass is 35.5. The maximum Gasteiger partial charge on any atom is 0.178 e. The Morgan fingerprint density at radius 3 is 2.47 bits per heavy atom. The maximum absolute atomic E-state index is 6.05. The van der Waals surface area contributed by atoms with Gasteiger partial charge in [0.05, 0.1) is 23.9 Å². The van der Waals surface area contributed by atoms with Crippen LogP contribution in [0.25, 0.3) is 22.5 Å². The molecule has 1 heterocycles. The Kier molecular flexibility index (Phi) is 5.77. The highest BCUT2D eigenvalue weighted by Crippen LogP contribution is 2.41. The summed E-state index contributed by atoms with van der Waals surface area (Å²) < 4.78 is 17.3. The minimum Gasteiger partial charge on any atom is -0.496 e. The lowest BCUT2D eigenvalue weighted by molar-refractivity contribution is 0.303. The Morgan fingerprint density at radius 1 is 0.967 bits per heavy atom. The summed E-state index contributed by atoms with van der Waals surface area (Å²) in [6, 6.07) is 21.5. The van der Waals surface area contributed by atoms with E-state index < -0.39 is 0 Å². The highest BCUT2D eigenvalue weighted by molar-refractivity contribution is 6.30. The van der Waals surface area contributed by atoms with Gasteiger partial charge in [0.1, 0.15) is 18.1 Å². The van der Waals surface area contributed by atoms with Gasteiger partial charge in [-0.1, -0.05) is 53.2 Å². The van der Waals surface area contributed by atoms with Crippen LogP contribution in [0.2, 0.25) is 5.02 Å². The fourth-order valence-electron chi connectivity index (χ4n) is 3.39. The molecule has 4 nitrogen and oxygen atoms in total. The minimum absolute atomic E-state index is 0.493. The van der Waals surface area contributed by atoms with Crippen molar-refractivity contribution in [1.29, 1.82) is 0 Å². The van der Waals surface area contributed by atoms with Crippen LogP contribution in [0.4, 0.5) is 0 Å². The van der Waals surface area contributed by atoms with Crippen molar-refractivity contribution in [3.63, 3.8) is 0 Å². The number of aryl methyl sites for hydroxylation is 2. The van der Waals surface area contributed by atoms with E-state index in [-0.39, 0.29) is 0 Å². The van der Waals surface area contributed by atoms with E-state index in [1.54, 1.807) is 7.11 Å². The minimum atomic E-state index is 0.493.